The zero-order chi connectivity index (χ0) is 16.9. The fourth-order valence-corrected chi connectivity index (χ4v) is 3.41. The first-order valence-electron chi connectivity index (χ1n) is 5.67. The Morgan fingerprint density at radius 2 is 1.95 bits per heavy atom. The van der Waals surface area contributed by atoms with E-state index in [0.717, 1.165) is 6.07 Å². The molecule has 7 nitrogen and oxygen atoms in total. The van der Waals surface area contributed by atoms with Crippen molar-refractivity contribution in [2.45, 2.75) is 4.90 Å². The zero-order valence-corrected chi connectivity index (χ0v) is 13.6. The van der Waals surface area contributed by atoms with Gasteiger partial charge >= 0.3 is 5.97 Å². The Balaban J connectivity index is 2.77. The van der Waals surface area contributed by atoms with Crippen LogP contribution in [0.3, 0.4) is 0 Å². The van der Waals surface area contributed by atoms with Crippen molar-refractivity contribution in [2.24, 2.45) is 0 Å². The number of esters is 1. The minimum Gasteiger partial charge on any atom is -0.455 e. The molecule has 1 aromatic rings. The van der Waals surface area contributed by atoms with Gasteiger partial charge in [-0.2, -0.15) is 4.72 Å². The van der Waals surface area contributed by atoms with Crippen LogP contribution in [0.15, 0.2) is 21.5 Å². The molecule has 0 saturated carbocycles. The third-order valence-corrected chi connectivity index (χ3v) is 4.65. The highest BCUT2D eigenvalue weighted by Crippen LogP contribution is 2.25. The summed E-state index contributed by atoms with van der Waals surface area (Å²) in [6.45, 7) is -1.39. The third kappa shape index (κ3) is 5.00. The number of ether oxygens (including phenoxy) is 1. The van der Waals surface area contributed by atoms with E-state index in [1.54, 1.807) is 4.72 Å². The number of hydrogen-bond donors (Lipinski definition) is 2. The summed E-state index contributed by atoms with van der Waals surface area (Å²) in [4.78, 5) is 21.3. The van der Waals surface area contributed by atoms with Gasteiger partial charge < -0.3 is 10.1 Å². The first-order valence-corrected chi connectivity index (χ1v) is 7.95. The Morgan fingerprint density at radius 1 is 1.32 bits per heavy atom. The van der Waals surface area contributed by atoms with Crippen LogP contribution in [0.25, 0.3) is 0 Å². The molecule has 0 atom stereocenters. The summed E-state index contributed by atoms with van der Waals surface area (Å²) in [5.41, 5.74) is 0. The van der Waals surface area contributed by atoms with Gasteiger partial charge in [-0.3, -0.25) is 9.59 Å². The second-order valence-electron chi connectivity index (χ2n) is 3.86. The van der Waals surface area contributed by atoms with E-state index in [2.05, 4.69) is 26.0 Å². The van der Waals surface area contributed by atoms with Crippen LogP contribution < -0.4 is 10.0 Å². The number of hydrogen-bond acceptors (Lipinski definition) is 5. The number of likely N-dealkylation sites (N-methyl/N-ethyl adjacent to an activating group) is 1. The summed E-state index contributed by atoms with van der Waals surface area (Å²) in [6, 6.07) is 1.16. The van der Waals surface area contributed by atoms with Gasteiger partial charge in [-0.25, -0.2) is 17.2 Å². The lowest BCUT2D eigenvalue weighted by Gasteiger charge is -2.09. The van der Waals surface area contributed by atoms with E-state index in [-0.39, 0.29) is 4.47 Å². The van der Waals surface area contributed by atoms with Crippen molar-refractivity contribution in [3.63, 3.8) is 0 Å². The van der Waals surface area contributed by atoms with E-state index < -0.39 is 51.6 Å². The van der Waals surface area contributed by atoms with Crippen molar-refractivity contribution in [2.75, 3.05) is 20.2 Å². The number of benzene rings is 1. The Morgan fingerprint density at radius 3 is 2.50 bits per heavy atom. The van der Waals surface area contributed by atoms with E-state index >= 15 is 0 Å². The molecule has 0 saturated heterocycles. The van der Waals surface area contributed by atoms with Crippen LogP contribution in [0, 0.1) is 11.6 Å². The van der Waals surface area contributed by atoms with Gasteiger partial charge in [0.2, 0.25) is 10.0 Å². The summed E-state index contributed by atoms with van der Waals surface area (Å²) in [5.74, 6) is -3.90. The Kier molecular flexibility index (Phi) is 6.38. The molecule has 122 valence electrons. The molecule has 0 fully saturated rings. The van der Waals surface area contributed by atoms with Crippen molar-refractivity contribution in [1.29, 1.82) is 0 Å². The summed E-state index contributed by atoms with van der Waals surface area (Å²) in [6.07, 6.45) is 0. The minimum atomic E-state index is -4.42. The first-order chi connectivity index (χ1) is 10.2. The van der Waals surface area contributed by atoms with E-state index in [9.17, 15) is 26.8 Å². The molecule has 0 aliphatic rings. The highest BCUT2D eigenvalue weighted by atomic mass is 79.9. The van der Waals surface area contributed by atoms with Crippen molar-refractivity contribution >= 4 is 37.8 Å². The molecule has 0 spiro atoms. The Hall–Kier alpha value is -1.59. The van der Waals surface area contributed by atoms with E-state index in [1.807, 2.05) is 0 Å². The minimum absolute atomic E-state index is 0.337. The molecule has 0 radical (unpaired) electrons. The van der Waals surface area contributed by atoms with E-state index in [0.29, 0.717) is 6.07 Å². The van der Waals surface area contributed by atoms with Crippen molar-refractivity contribution in [3.05, 3.63) is 28.2 Å². The second-order valence-corrected chi connectivity index (χ2v) is 6.42. The van der Waals surface area contributed by atoms with Crippen LogP contribution in [-0.4, -0.2) is 40.5 Å². The Labute approximate surface area is 133 Å². The summed E-state index contributed by atoms with van der Waals surface area (Å²) < 4.78 is 56.2. The molecule has 1 rings (SSSR count). The standard InChI is InChI=1S/C11H11BrF2N2O5S/c1-15-9(17)5-21-10(18)4-16-22(19,20)11-7(12)2-6(13)3-8(11)14/h2-3,16H,4-5H2,1H3,(H,15,17). The number of halogens is 3. The lowest BCUT2D eigenvalue weighted by Crippen LogP contribution is -2.33. The van der Waals surface area contributed by atoms with Gasteiger partial charge in [0, 0.05) is 17.6 Å². The van der Waals surface area contributed by atoms with Gasteiger partial charge in [-0.15, -0.1) is 0 Å². The summed E-state index contributed by atoms with van der Waals surface area (Å²) >= 11 is 2.73. The van der Waals surface area contributed by atoms with Crippen LogP contribution in [0.5, 0.6) is 0 Å². The van der Waals surface area contributed by atoms with Crippen molar-refractivity contribution in [3.8, 4) is 0 Å². The monoisotopic (exact) mass is 400 g/mol. The Bertz CT molecular complexity index is 673. The molecular formula is C11H11BrF2N2O5S. The highest BCUT2D eigenvalue weighted by molar-refractivity contribution is 9.10. The van der Waals surface area contributed by atoms with Crippen LogP contribution in [0.4, 0.5) is 8.78 Å². The van der Waals surface area contributed by atoms with Gasteiger partial charge in [0.25, 0.3) is 5.91 Å². The van der Waals surface area contributed by atoms with Crippen LogP contribution in [0.1, 0.15) is 0 Å². The lowest BCUT2D eigenvalue weighted by atomic mass is 10.3. The molecule has 11 heteroatoms. The number of amides is 1. The smallest absolute Gasteiger partial charge is 0.321 e. The maximum Gasteiger partial charge on any atom is 0.321 e. The maximum atomic E-state index is 13.6. The molecule has 0 unspecified atom stereocenters. The number of carbonyl (C=O) groups is 2. The molecule has 1 amide bonds. The predicted octanol–water partition coefficient (Wildman–Crippen LogP) is 0.295. The first kappa shape index (κ1) is 18.5. The molecular weight excluding hydrogens is 390 g/mol. The van der Waals surface area contributed by atoms with Gasteiger partial charge in [0.15, 0.2) is 6.61 Å². The normalized spacial score (nSPS) is 11.1. The van der Waals surface area contributed by atoms with Gasteiger partial charge in [-0.05, 0) is 22.0 Å². The third-order valence-electron chi connectivity index (χ3n) is 2.28. The fraction of sp³-hybridized carbons (Fsp3) is 0.273. The number of carbonyl (C=O) groups excluding carboxylic acids is 2. The summed E-state index contributed by atoms with van der Waals surface area (Å²) in [5, 5.41) is 2.19. The predicted molar refractivity (Wildman–Crippen MR) is 74.3 cm³/mol. The highest BCUT2D eigenvalue weighted by Gasteiger charge is 2.24. The molecule has 0 heterocycles. The summed E-state index contributed by atoms with van der Waals surface area (Å²) in [7, 11) is -3.09. The van der Waals surface area contributed by atoms with Crippen molar-refractivity contribution < 1.29 is 31.5 Å². The van der Waals surface area contributed by atoms with Crippen LogP contribution in [0.2, 0.25) is 0 Å². The number of sulfonamides is 1. The van der Waals surface area contributed by atoms with Gasteiger partial charge in [0.1, 0.15) is 23.1 Å². The lowest BCUT2D eigenvalue weighted by molar-refractivity contribution is -0.147. The van der Waals surface area contributed by atoms with Crippen LogP contribution >= 0.6 is 15.9 Å². The molecule has 0 bridgehead atoms. The molecule has 0 aromatic heterocycles. The van der Waals surface area contributed by atoms with Crippen LogP contribution in [-0.2, 0) is 24.3 Å². The second kappa shape index (κ2) is 7.61. The van der Waals surface area contributed by atoms with Gasteiger partial charge in [-0.1, -0.05) is 0 Å². The van der Waals surface area contributed by atoms with Gasteiger partial charge in [0.05, 0.1) is 0 Å². The molecule has 2 N–H and O–H groups in total. The average molecular weight is 401 g/mol. The fourth-order valence-electron chi connectivity index (χ4n) is 1.28. The SMILES string of the molecule is CNC(=O)COC(=O)CNS(=O)(=O)c1c(F)cc(F)cc1Br. The molecule has 1 aromatic carbocycles. The topological polar surface area (TPSA) is 102 Å². The van der Waals surface area contributed by atoms with E-state index in [4.69, 9.17) is 0 Å². The quantitative estimate of drug-likeness (QED) is 0.668. The molecule has 0 aliphatic carbocycles. The van der Waals surface area contributed by atoms with E-state index in [1.165, 1.54) is 7.05 Å². The number of rotatable bonds is 6. The molecule has 22 heavy (non-hydrogen) atoms. The maximum absolute atomic E-state index is 13.6. The zero-order valence-electron chi connectivity index (χ0n) is 11.2. The molecule has 0 aliphatic heterocycles. The van der Waals surface area contributed by atoms with Crippen molar-refractivity contribution in [1.82, 2.24) is 10.0 Å². The average Bonchev–Trinajstić information content (AvgIpc) is 2.41. The largest absolute Gasteiger partial charge is 0.455 e. The number of nitrogens with one attached hydrogen (secondary N) is 2.